The topological polar surface area (TPSA) is 50.4 Å². The van der Waals surface area contributed by atoms with E-state index < -0.39 is 0 Å². The number of hydrogen-bond acceptors (Lipinski definition) is 3. The van der Waals surface area contributed by atoms with Crippen molar-refractivity contribution in [1.82, 2.24) is 10.6 Å². The van der Waals surface area contributed by atoms with Crippen molar-refractivity contribution in [3.05, 3.63) is 0 Å². The molecule has 21 heavy (non-hydrogen) atoms. The third kappa shape index (κ3) is 5.11. The van der Waals surface area contributed by atoms with E-state index >= 15 is 0 Å². The molecule has 0 bridgehead atoms. The smallest absolute Gasteiger partial charge is 0.240 e. The molecule has 2 N–H and O–H groups in total. The van der Waals surface area contributed by atoms with Crippen molar-refractivity contribution >= 4 is 18.3 Å². The number of carbonyl (C=O) groups is 1. The van der Waals surface area contributed by atoms with Gasteiger partial charge in [-0.05, 0) is 25.7 Å². The lowest BCUT2D eigenvalue weighted by Crippen LogP contribution is -2.57. The van der Waals surface area contributed by atoms with Crippen molar-refractivity contribution in [2.75, 3.05) is 13.2 Å². The van der Waals surface area contributed by atoms with Gasteiger partial charge in [-0.1, -0.05) is 39.0 Å². The standard InChI is InChI=1S/C16H30N2O2.ClH/c1-11(14-7-5-4-6-8-14)12(2)18-16(19)15-13(3)20-10-9-17-15;/h11-15,17H,4-10H2,1-3H3,(H,18,19);1H/t11?,12?,13-,15+;/m1./s1. The molecule has 2 aliphatic rings. The van der Waals surface area contributed by atoms with Gasteiger partial charge in [-0.2, -0.15) is 0 Å². The summed E-state index contributed by atoms with van der Waals surface area (Å²) in [6, 6.07) is 0.0336. The van der Waals surface area contributed by atoms with Crippen molar-refractivity contribution in [2.45, 2.75) is 71.1 Å². The minimum atomic E-state index is -0.204. The van der Waals surface area contributed by atoms with E-state index in [0.717, 1.165) is 12.5 Å². The van der Waals surface area contributed by atoms with E-state index in [0.29, 0.717) is 12.5 Å². The molecule has 124 valence electrons. The second kappa shape index (κ2) is 8.96. The average Bonchev–Trinajstić information content (AvgIpc) is 2.47. The van der Waals surface area contributed by atoms with Crippen LogP contribution in [0.3, 0.4) is 0 Å². The first kappa shape index (κ1) is 18.7. The van der Waals surface area contributed by atoms with Crippen LogP contribution in [0, 0.1) is 11.8 Å². The van der Waals surface area contributed by atoms with Gasteiger partial charge >= 0.3 is 0 Å². The maximum Gasteiger partial charge on any atom is 0.240 e. The summed E-state index contributed by atoms with van der Waals surface area (Å²) in [6.07, 6.45) is 6.69. The van der Waals surface area contributed by atoms with Crippen LogP contribution >= 0.6 is 12.4 Å². The van der Waals surface area contributed by atoms with E-state index in [1.165, 1.54) is 32.1 Å². The number of ether oxygens (including phenoxy) is 1. The van der Waals surface area contributed by atoms with Gasteiger partial charge in [0.05, 0.1) is 12.7 Å². The molecule has 1 heterocycles. The Bertz CT molecular complexity index is 321. The Hall–Kier alpha value is -0.320. The van der Waals surface area contributed by atoms with Gasteiger partial charge in [0.2, 0.25) is 5.91 Å². The van der Waals surface area contributed by atoms with E-state index in [4.69, 9.17) is 4.74 Å². The molecule has 4 nitrogen and oxygen atoms in total. The highest BCUT2D eigenvalue weighted by molar-refractivity contribution is 5.85. The summed E-state index contributed by atoms with van der Waals surface area (Å²) in [4.78, 5) is 12.4. The van der Waals surface area contributed by atoms with Gasteiger partial charge in [-0.25, -0.2) is 0 Å². The van der Waals surface area contributed by atoms with Crippen molar-refractivity contribution in [1.29, 1.82) is 0 Å². The highest BCUT2D eigenvalue weighted by atomic mass is 35.5. The monoisotopic (exact) mass is 318 g/mol. The van der Waals surface area contributed by atoms with E-state index in [2.05, 4.69) is 24.5 Å². The third-order valence-electron chi connectivity index (χ3n) is 5.15. The van der Waals surface area contributed by atoms with Gasteiger partial charge in [0.25, 0.3) is 0 Å². The molecule has 1 aliphatic heterocycles. The van der Waals surface area contributed by atoms with Crippen LogP contribution in [0.25, 0.3) is 0 Å². The maximum absolute atomic E-state index is 12.4. The number of hydrogen-bond donors (Lipinski definition) is 2. The van der Waals surface area contributed by atoms with Crippen LogP contribution in [0.1, 0.15) is 52.9 Å². The van der Waals surface area contributed by atoms with Crippen molar-refractivity contribution in [3.63, 3.8) is 0 Å². The number of nitrogens with one attached hydrogen (secondary N) is 2. The summed E-state index contributed by atoms with van der Waals surface area (Å²) in [5.74, 6) is 1.42. The van der Waals surface area contributed by atoms with Crippen LogP contribution in [0.4, 0.5) is 0 Å². The lowest BCUT2D eigenvalue weighted by atomic mass is 9.78. The second-order valence-corrected chi connectivity index (χ2v) is 6.56. The van der Waals surface area contributed by atoms with E-state index in [-0.39, 0.29) is 36.5 Å². The Morgan fingerprint density at radius 1 is 1.24 bits per heavy atom. The van der Waals surface area contributed by atoms with Crippen LogP contribution in [-0.2, 0) is 9.53 Å². The molecular weight excluding hydrogens is 288 g/mol. The molecule has 0 aromatic heterocycles. The average molecular weight is 319 g/mol. The second-order valence-electron chi connectivity index (χ2n) is 6.56. The molecule has 2 unspecified atom stereocenters. The molecule has 0 spiro atoms. The highest BCUT2D eigenvalue weighted by Crippen LogP contribution is 2.31. The van der Waals surface area contributed by atoms with Crippen molar-refractivity contribution < 1.29 is 9.53 Å². The molecule has 0 aromatic rings. The first-order valence-corrected chi connectivity index (χ1v) is 8.25. The normalized spacial score (nSPS) is 30.0. The molecule has 2 fully saturated rings. The van der Waals surface area contributed by atoms with E-state index in [1.54, 1.807) is 0 Å². The Labute approximate surface area is 135 Å². The first-order valence-electron chi connectivity index (χ1n) is 8.25. The lowest BCUT2D eigenvalue weighted by Gasteiger charge is -2.34. The fraction of sp³-hybridized carbons (Fsp3) is 0.938. The van der Waals surface area contributed by atoms with Crippen LogP contribution in [0.5, 0.6) is 0 Å². The lowest BCUT2D eigenvalue weighted by molar-refractivity contribution is -0.130. The molecule has 0 aromatic carbocycles. The summed E-state index contributed by atoms with van der Waals surface area (Å²) >= 11 is 0. The van der Waals surface area contributed by atoms with Gasteiger partial charge in [-0.3, -0.25) is 4.79 Å². The van der Waals surface area contributed by atoms with Gasteiger partial charge in [0.1, 0.15) is 6.04 Å². The van der Waals surface area contributed by atoms with E-state index in [1.807, 2.05) is 6.92 Å². The molecule has 1 saturated heterocycles. The fourth-order valence-corrected chi connectivity index (χ4v) is 3.54. The Morgan fingerprint density at radius 3 is 2.52 bits per heavy atom. The number of halogens is 1. The molecular formula is C16H31ClN2O2. The molecule has 1 amide bonds. The number of rotatable bonds is 4. The highest BCUT2D eigenvalue weighted by Gasteiger charge is 2.31. The SMILES string of the molecule is CC(NC(=O)[C@H]1NCCO[C@@H]1C)C(C)C1CCCCC1.Cl. The Balaban J connectivity index is 0.00000220. The zero-order valence-corrected chi connectivity index (χ0v) is 14.4. The number of amides is 1. The molecule has 0 radical (unpaired) electrons. The van der Waals surface area contributed by atoms with Crippen molar-refractivity contribution in [2.24, 2.45) is 11.8 Å². The van der Waals surface area contributed by atoms with E-state index in [9.17, 15) is 4.79 Å². The maximum atomic E-state index is 12.4. The largest absolute Gasteiger partial charge is 0.375 e. The van der Waals surface area contributed by atoms with Gasteiger partial charge in [0.15, 0.2) is 0 Å². The molecule has 5 heteroatoms. The zero-order chi connectivity index (χ0) is 14.5. The summed E-state index contributed by atoms with van der Waals surface area (Å²) in [6.45, 7) is 7.85. The van der Waals surface area contributed by atoms with Gasteiger partial charge in [0, 0.05) is 12.6 Å². The predicted molar refractivity (Wildman–Crippen MR) is 87.8 cm³/mol. The summed E-state index contributed by atoms with van der Waals surface area (Å²) in [5.41, 5.74) is 0. The summed E-state index contributed by atoms with van der Waals surface area (Å²) in [5, 5.41) is 6.45. The van der Waals surface area contributed by atoms with Gasteiger partial charge < -0.3 is 15.4 Å². The quantitative estimate of drug-likeness (QED) is 0.837. The van der Waals surface area contributed by atoms with Crippen LogP contribution in [0.2, 0.25) is 0 Å². The third-order valence-corrected chi connectivity index (χ3v) is 5.15. The molecule has 1 saturated carbocycles. The molecule has 1 aliphatic carbocycles. The molecule has 2 rings (SSSR count). The minimum Gasteiger partial charge on any atom is -0.375 e. The minimum absolute atomic E-state index is 0. The summed E-state index contributed by atoms with van der Waals surface area (Å²) < 4.78 is 5.55. The van der Waals surface area contributed by atoms with Gasteiger partial charge in [-0.15, -0.1) is 12.4 Å². The number of carbonyl (C=O) groups excluding carboxylic acids is 1. The number of morpholine rings is 1. The Kier molecular flexibility index (Phi) is 7.99. The molecule has 4 atom stereocenters. The van der Waals surface area contributed by atoms with Crippen LogP contribution in [-0.4, -0.2) is 37.2 Å². The summed E-state index contributed by atoms with van der Waals surface area (Å²) in [7, 11) is 0. The van der Waals surface area contributed by atoms with Crippen LogP contribution < -0.4 is 10.6 Å². The first-order chi connectivity index (χ1) is 9.59. The Morgan fingerprint density at radius 2 is 1.90 bits per heavy atom. The fourth-order valence-electron chi connectivity index (χ4n) is 3.54. The zero-order valence-electron chi connectivity index (χ0n) is 13.6. The van der Waals surface area contributed by atoms with Crippen molar-refractivity contribution in [3.8, 4) is 0 Å². The van der Waals surface area contributed by atoms with Crippen LogP contribution in [0.15, 0.2) is 0 Å². The predicted octanol–water partition coefficient (Wildman–Crippen LogP) is 2.51.